The van der Waals surface area contributed by atoms with Crippen molar-refractivity contribution in [3.63, 3.8) is 0 Å². The summed E-state index contributed by atoms with van der Waals surface area (Å²) in [6, 6.07) is 13.8. The van der Waals surface area contributed by atoms with E-state index >= 15 is 0 Å². The Bertz CT molecular complexity index is 787. The number of rotatable bonds is 2. The summed E-state index contributed by atoms with van der Waals surface area (Å²) in [5, 5.41) is 1.02. The molecule has 4 heteroatoms. The molecule has 0 fully saturated rings. The van der Waals surface area contributed by atoms with E-state index in [0.29, 0.717) is 0 Å². The molecule has 2 N–H and O–H groups in total. The molecule has 1 heterocycles. The number of fused-ring (bicyclic) bond motifs is 1. The molecule has 0 bridgehead atoms. The summed E-state index contributed by atoms with van der Waals surface area (Å²) in [5.41, 5.74) is 9.70. The number of halogens is 1. The van der Waals surface area contributed by atoms with E-state index in [-0.39, 0.29) is 0 Å². The Morgan fingerprint density at radius 1 is 1.10 bits per heavy atom. The van der Waals surface area contributed by atoms with Gasteiger partial charge in [-0.1, -0.05) is 24.3 Å². The number of pyridine rings is 1. The molecule has 0 aliphatic heterocycles. The molecular weight excluding hydrogens is 316 g/mol. The molecule has 0 aliphatic carbocycles. The lowest BCUT2D eigenvalue weighted by Crippen LogP contribution is -1.94. The van der Waals surface area contributed by atoms with Gasteiger partial charge in [0.1, 0.15) is 5.52 Å². The molecule has 0 radical (unpaired) electrons. The normalized spacial score (nSPS) is 10.7. The number of para-hydroxylation sites is 1. The van der Waals surface area contributed by atoms with Crippen LogP contribution in [-0.4, -0.2) is 12.1 Å². The zero-order chi connectivity index (χ0) is 14.1. The number of nitrogens with two attached hydrogens (primary N) is 1. The minimum Gasteiger partial charge on any atom is -0.493 e. The Balaban J connectivity index is 2.41. The standard InChI is InChI=1S/C16H13BrN2O/c1-20-16-13(17)9-12(10-5-2-3-7-14(10)18)11-6-4-8-19-15(11)16/h2-9H,18H2,1H3. The van der Waals surface area contributed by atoms with Crippen LogP contribution >= 0.6 is 15.9 Å². The number of ether oxygens (including phenoxy) is 1. The maximum atomic E-state index is 6.10. The van der Waals surface area contributed by atoms with Crippen molar-refractivity contribution in [2.45, 2.75) is 0 Å². The van der Waals surface area contributed by atoms with Crippen molar-refractivity contribution in [3.8, 4) is 16.9 Å². The Kier molecular flexibility index (Phi) is 3.32. The Morgan fingerprint density at radius 2 is 1.90 bits per heavy atom. The average molecular weight is 329 g/mol. The first-order valence-corrected chi connectivity index (χ1v) is 6.97. The quantitative estimate of drug-likeness (QED) is 0.715. The van der Waals surface area contributed by atoms with Crippen LogP contribution in [0.4, 0.5) is 5.69 Å². The molecule has 3 rings (SSSR count). The van der Waals surface area contributed by atoms with E-state index in [1.54, 1.807) is 13.3 Å². The lowest BCUT2D eigenvalue weighted by molar-refractivity contribution is 0.416. The van der Waals surface area contributed by atoms with Crippen LogP contribution < -0.4 is 10.5 Å². The highest BCUT2D eigenvalue weighted by Crippen LogP contribution is 2.40. The second-order valence-electron chi connectivity index (χ2n) is 4.43. The number of hydrogen-bond acceptors (Lipinski definition) is 3. The predicted molar refractivity (Wildman–Crippen MR) is 85.8 cm³/mol. The third-order valence-electron chi connectivity index (χ3n) is 3.26. The van der Waals surface area contributed by atoms with Gasteiger partial charge in [-0.05, 0) is 39.7 Å². The van der Waals surface area contributed by atoms with Crippen LogP contribution in [0.2, 0.25) is 0 Å². The first-order chi connectivity index (χ1) is 9.72. The van der Waals surface area contributed by atoms with Crippen LogP contribution in [0.3, 0.4) is 0 Å². The minimum absolute atomic E-state index is 0.735. The fourth-order valence-corrected chi connectivity index (χ4v) is 2.92. The lowest BCUT2D eigenvalue weighted by Gasteiger charge is -2.13. The molecule has 3 nitrogen and oxygen atoms in total. The average Bonchev–Trinajstić information content (AvgIpc) is 2.47. The van der Waals surface area contributed by atoms with E-state index in [1.165, 1.54) is 0 Å². The van der Waals surface area contributed by atoms with Crippen LogP contribution in [0, 0.1) is 0 Å². The summed E-state index contributed by atoms with van der Waals surface area (Å²) in [6.45, 7) is 0. The predicted octanol–water partition coefficient (Wildman–Crippen LogP) is 4.26. The third-order valence-corrected chi connectivity index (χ3v) is 3.85. The molecular formula is C16H13BrN2O. The fraction of sp³-hybridized carbons (Fsp3) is 0.0625. The highest BCUT2D eigenvalue weighted by Gasteiger charge is 2.14. The lowest BCUT2D eigenvalue weighted by atomic mass is 9.99. The van der Waals surface area contributed by atoms with Crippen LogP contribution in [0.1, 0.15) is 0 Å². The van der Waals surface area contributed by atoms with Crippen LogP contribution in [0.25, 0.3) is 22.0 Å². The topological polar surface area (TPSA) is 48.1 Å². The third kappa shape index (κ3) is 2.02. The monoisotopic (exact) mass is 328 g/mol. The summed E-state index contributed by atoms with van der Waals surface area (Å²) >= 11 is 3.54. The van der Waals surface area contributed by atoms with E-state index in [9.17, 15) is 0 Å². The number of methoxy groups -OCH3 is 1. The van der Waals surface area contributed by atoms with Gasteiger partial charge in [-0.3, -0.25) is 4.98 Å². The zero-order valence-electron chi connectivity index (χ0n) is 10.9. The van der Waals surface area contributed by atoms with Crippen LogP contribution in [0.5, 0.6) is 5.75 Å². The molecule has 0 spiro atoms. The molecule has 0 saturated heterocycles. The summed E-state index contributed by atoms with van der Waals surface area (Å²) in [4.78, 5) is 4.43. The van der Waals surface area contributed by atoms with Crippen LogP contribution in [0.15, 0.2) is 53.1 Å². The summed E-state index contributed by atoms with van der Waals surface area (Å²) in [7, 11) is 1.64. The fourth-order valence-electron chi connectivity index (χ4n) is 2.35. The molecule has 20 heavy (non-hydrogen) atoms. The number of hydrogen-bond donors (Lipinski definition) is 1. The summed E-state index contributed by atoms with van der Waals surface area (Å²) in [6.07, 6.45) is 1.76. The highest BCUT2D eigenvalue weighted by atomic mass is 79.9. The number of benzene rings is 2. The van der Waals surface area contributed by atoms with Gasteiger partial charge >= 0.3 is 0 Å². The SMILES string of the molecule is COc1c(Br)cc(-c2ccccc2N)c2cccnc12. The van der Waals surface area contributed by atoms with Gasteiger partial charge in [-0.25, -0.2) is 0 Å². The van der Waals surface area contributed by atoms with E-state index < -0.39 is 0 Å². The Morgan fingerprint density at radius 3 is 2.65 bits per heavy atom. The molecule has 3 aromatic rings. The van der Waals surface area contributed by atoms with Crippen molar-refractivity contribution >= 4 is 32.5 Å². The second-order valence-corrected chi connectivity index (χ2v) is 5.28. The molecule has 100 valence electrons. The first-order valence-electron chi connectivity index (χ1n) is 6.18. The second kappa shape index (κ2) is 5.13. The summed E-state index contributed by atoms with van der Waals surface area (Å²) in [5.74, 6) is 0.735. The van der Waals surface area contributed by atoms with Gasteiger partial charge in [0.15, 0.2) is 5.75 Å². The van der Waals surface area contributed by atoms with Gasteiger partial charge in [-0.15, -0.1) is 0 Å². The number of nitrogen functional groups attached to an aromatic ring is 1. The van der Waals surface area contributed by atoms with Gasteiger partial charge in [0.25, 0.3) is 0 Å². The van der Waals surface area contributed by atoms with Crippen molar-refractivity contribution in [2.75, 3.05) is 12.8 Å². The molecule has 0 aliphatic rings. The van der Waals surface area contributed by atoms with Gasteiger partial charge in [0, 0.05) is 22.8 Å². The maximum Gasteiger partial charge on any atom is 0.159 e. The first kappa shape index (κ1) is 12.9. The Hall–Kier alpha value is -2.07. The molecule has 1 aromatic heterocycles. The van der Waals surface area contributed by atoms with Crippen molar-refractivity contribution in [2.24, 2.45) is 0 Å². The maximum absolute atomic E-state index is 6.10. The number of nitrogens with zero attached hydrogens (tertiary/aromatic N) is 1. The molecule has 2 aromatic carbocycles. The smallest absolute Gasteiger partial charge is 0.159 e. The molecule has 0 atom stereocenters. The van der Waals surface area contributed by atoms with Crippen molar-refractivity contribution in [1.82, 2.24) is 4.98 Å². The van der Waals surface area contributed by atoms with E-state index in [1.807, 2.05) is 42.5 Å². The van der Waals surface area contributed by atoms with Gasteiger partial charge in [-0.2, -0.15) is 0 Å². The van der Waals surface area contributed by atoms with E-state index in [2.05, 4.69) is 20.9 Å². The van der Waals surface area contributed by atoms with E-state index in [0.717, 1.165) is 37.9 Å². The molecule has 0 unspecified atom stereocenters. The van der Waals surface area contributed by atoms with E-state index in [4.69, 9.17) is 10.5 Å². The summed E-state index contributed by atoms with van der Waals surface area (Å²) < 4.78 is 6.30. The number of aromatic nitrogens is 1. The molecule has 0 amide bonds. The Labute approximate surface area is 125 Å². The minimum atomic E-state index is 0.735. The van der Waals surface area contributed by atoms with Crippen molar-refractivity contribution < 1.29 is 4.74 Å². The zero-order valence-corrected chi connectivity index (χ0v) is 12.5. The highest BCUT2D eigenvalue weighted by molar-refractivity contribution is 9.10. The van der Waals surface area contributed by atoms with Gasteiger partial charge in [0.2, 0.25) is 0 Å². The van der Waals surface area contributed by atoms with Crippen molar-refractivity contribution in [3.05, 3.63) is 53.1 Å². The largest absolute Gasteiger partial charge is 0.493 e. The van der Waals surface area contributed by atoms with Crippen molar-refractivity contribution in [1.29, 1.82) is 0 Å². The molecule has 0 saturated carbocycles. The van der Waals surface area contributed by atoms with Gasteiger partial charge in [0.05, 0.1) is 11.6 Å². The van der Waals surface area contributed by atoms with Gasteiger partial charge < -0.3 is 10.5 Å². The number of anilines is 1. The van der Waals surface area contributed by atoms with Crippen LogP contribution in [-0.2, 0) is 0 Å².